The Morgan fingerprint density at radius 1 is 1.38 bits per heavy atom. The third kappa shape index (κ3) is 3.94. The highest BCUT2D eigenvalue weighted by atomic mass is 35.5. The lowest BCUT2D eigenvalue weighted by atomic mass is 10.2. The van der Waals surface area contributed by atoms with Crippen LogP contribution >= 0.6 is 12.4 Å². The van der Waals surface area contributed by atoms with Crippen LogP contribution in [0.4, 0.5) is 0 Å². The van der Waals surface area contributed by atoms with E-state index in [1.165, 1.54) is 0 Å². The number of nitrogens with zero attached hydrogens (tertiary/aromatic N) is 1. The predicted octanol–water partition coefficient (Wildman–Crippen LogP) is 0.252. The number of sulfone groups is 1. The lowest BCUT2D eigenvalue weighted by Crippen LogP contribution is -2.40. The minimum Gasteiger partial charge on any atom is -0.342 e. The standard InChI is InChI=1S/C13H15N3O3S.ClH/c14-6-7-15-13(17)12-8-11(9-16-12)20(18,19)10-4-2-1-3-5-10;/h1-5,11-12,16H,7-9H2,(H,15,17);1H/t11-,12+;/m1./s1. The lowest BCUT2D eigenvalue weighted by molar-refractivity contribution is -0.122. The molecule has 1 aliphatic heterocycles. The van der Waals surface area contributed by atoms with E-state index in [9.17, 15) is 13.2 Å². The van der Waals surface area contributed by atoms with Gasteiger partial charge in [-0.05, 0) is 18.6 Å². The van der Waals surface area contributed by atoms with Crippen molar-refractivity contribution in [2.45, 2.75) is 22.6 Å². The number of benzene rings is 1. The zero-order valence-electron chi connectivity index (χ0n) is 11.2. The molecule has 1 aliphatic rings. The third-order valence-corrected chi connectivity index (χ3v) is 5.43. The van der Waals surface area contributed by atoms with Crippen molar-refractivity contribution in [3.63, 3.8) is 0 Å². The molecule has 0 saturated carbocycles. The van der Waals surface area contributed by atoms with E-state index in [2.05, 4.69) is 10.6 Å². The van der Waals surface area contributed by atoms with Crippen LogP contribution in [0.15, 0.2) is 35.2 Å². The maximum atomic E-state index is 12.4. The molecule has 1 aromatic carbocycles. The lowest BCUT2D eigenvalue weighted by Gasteiger charge is -2.11. The first-order valence-corrected chi connectivity index (χ1v) is 7.77. The molecular formula is C13H16ClN3O3S. The first-order chi connectivity index (χ1) is 9.55. The number of hydrogen-bond donors (Lipinski definition) is 2. The van der Waals surface area contributed by atoms with Crippen molar-refractivity contribution < 1.29 is 13.2 Å². The largest absolute Gasteiger partial charge is 0.342 e. The monoisotopic (exact) mass is 329 g/mol. The molecule has 8 heteroatoms. The number of carbonyl (C=O) groups excluding carboxylic acids is 1. The summed E-state index contributed by atoms with van der Waals surface area (Å²) in [5, 5.41) is 13.1. The summed E-state index contributed by atoms with van der Waals surface area (Å²) in [4.78, 5) is 12.0. The second-order valence-corrected chi connectivity index (χ2v) is 6.78. The van der Waals surface area contributed by atoms with Gasteiger partial charge in [-0.2, -0.15) is 5.26 Å². The molecule has 2 N–H and O–H groups in total. The SMILES string of the molecule is Cl.N#CCNC(=O)[C@@H]1C[C@@H](S(=O)(=O)c2ccccc2)CN1. The Labute approximate surface area is 129 Å². The van der Waals surface area contributed by atoms with E-state index in [4.69, 9.17) is 5.26 Å². The van der Waals surface area contributed by atoms with Gasteiger partial charge < -0.3 is 10.6 Å². The van der Waals surface area contributed by atoms with E-state index < -0.39 is 21.1 Å². The van der Waals surface area contributed by atoms with Gasteiger partial charge in [0, 0.05) is 6.54 Å². The van der Waals surface area contributed by atoms with Crippen molar-refractivity contribution in [1.29, 1.82) is 5.26 Å². The van der Waals surface area contributed by atoms with Gasteiger partial charge in [0.15, 0.2) is 9.84 Å². The minimum absolute atomic E-state index is 0. The minimum atomic E-state index is -3.43. The molecule has 1 saturated heterocycles. The van der Waals surface area contributed by atoms with Gasteiger partial charge in [0.2, 0.25) is 5.91 Å². The van der Waals surface area contributed by atoms with Crippen molar-refractivity contribution in [2.75, 3.05) is 13.1 Å². The van der Waals surface area contributed by atoms with Crippen LogP contribution < -0.4 is 10.6 Å². The maximum Gasteiger partial charge on any atom is 0.238 e. The number of hydrogen-bond acceptors (Lipinski definition) is 5. The van der Waals surface area contributed by atoms with Gasteiger partial charge in [-0.15, -0.1) is 12.4 Å². The Bertz CT molecular complexity index is 628. The topological polar surface area (TPSA) is 99.1 Å². The van der Waals surface area contributed by atoms with Crippen LogP contribution in [0.2, 0.25) is 0 Å². The van der Waals surface area contributed by atoms with E-state index in [0.29, 0.717) is 0 Å². The number of nitriles is 1. The molecule has 21 heavy (non-hydrogen) atoms. The zero-order chi connectivity index (χ0) is 14.6. The number of amides is 1. The molecule has 0 aromatic heterocycles. The fourth-order valence-corrected chi connectivity index (χ4v) is 3.87. The van der Waals surface area contributed by atoms with Crippen LogP contribution in [0.25, 0.3) is 0 Å². The van der Waals surface area contributed by atoms with Crippen molar-refractivity contribution >= 4 is 28.2 Å². The number of rotatable bonds is 4. The first-order valence-electron chi connectivity index (χ1n) is 6.22. The van der Waals surface area contributed by atoms with Gasteiger partial charge in [0.1, 0.15) is 6.54 Å². The second-order valence-electron chi connectivity index (χ2n) is 4.55. The molecule has 0 spiro atoms. The second kappa shape index (κ2) is 7.41. The summed E-state index contributed by atoms with van der Waals surface area (Å²) >= 11 is 0. The molecule has 0 unspecified atom stereocenters. The van der Waals surface area contributed by atoms with Crippen LogP contribution in [-0.4, -0.2) is 38.7 Å². The Balaban J connectivity index is 0.00000220. The Morgan fingerprint density at radius 3 is 2.67 bits per heavy atom. The summed E-state index contributed by atoms with van der Waals surface area (Å²) in [6, 6.07) is 9.46. The van der Waals surface area contributed by atoms with Gasteiger partial charge in [0.25, 0.3) is 0 Å². The Hall–Kier alpha value is -1.62. The van der Waals surface area contributed by atoms with Crippen molar-refractivity contribution in [3.05, 3.63) is 30.3 Å². The van der Waals surface area contributed by atoms with Gasteiger partial charge in [-0.1, -0.05) is 18.2 Å². The molecule has 0 aliphatic carbocycles. The highest BCUT2D eigenvalue weighted by Gasteiger charge is 2.37. The van der Waals surface area contributed by atoms with E-state index in [-0.39, 0.29) is 42.7 Å². The molecule has 6 nitrogen and oxygen atoms in total. The van der Waals surface area contributed by atoms with E-state index in [1.807, 2.05) is 6.07 Å². The summed E-state index contributed by atoms with van der Waals surface area (Å²) < 4.78 is 24.8. The smallest absolute Gasteiger partial charge is 0.238 e. The Kier molecular flexibility index (Phi) is 6.15. The van der Waals surface area contributed by atoms with Crippen LogP contribution in [0.3, 0.4) is 0 Å². The Morgan fingerprint density at radius 2 is 2.05 bits per heavy atom. The number of nitrogens with one attached hydrogen (secondary N) is 2. The molecule has 2 atom stereocenters. The van der Waals surface area contributed by atoms with E-state index >= 15 is 0 Å². The van der Waals surface area contributed by atoms with E-state index in [0.717, 1.165) is 0 Å². The summed E-state index contributed by atoms with van der Waals surface area (Å²) in [5.41, 5.74) is 0. The van der Waals surface area contributed by atoms with Crippen LogP contribution in [0.1, 0.15) is 6.42 Å². The van der Waals surface area contributed by atoms with Crippen molar-refractivity contribution in [3.8, 4) is 6.07 Å². The van der Waals surface area contributed by atoms with Crippen molar-refractivity contribution in [1.82, 2.24) is 10.6 Å². The molecule has 1 aromatic rings. The summed E-state index contributed by atoms with van der Waals surface area (Å²) in [6.45, 7) is 0.162. The van der Waals surface area contributed by atoms with Crippen molar-refractivity contribution in [2.24, 2.45) is 0 Å². The van der Waals surface area contributed by atoms with Gasteiger partial charge in [0.05, 0.1) is 22.3 Å². The zero-order valence-corrected chi connectivity index (χ0v) is 12.8. The molecule has 0 bridgehead atoms. The molecule has 1 amide bonds. The first kappa shape index (κ1) is 17.4. The fraction of sp³-hybridized carbons (Fsp3) is 0.385. The molecule has 114 valence electrons. The fourth-order valence-electron chi connectivity index (χ4n) is 2.19. The number of carbonyl (C=O) groups is 1. The van der Waals surface area contributed by atoms with E-state index in [1.54, 1.807) is 30.3 Å². The predicted molar refractivity (Wildman–Crippen MR) is 79.7 cm³/mol. The molecule has 2 rings (SSSR count). The van der Waals surface area contributed by atoms with Gasteiger partial charge >= 0.3 is 0 Å². The summed E-state index contributed by atoms with van der Waals surface area (Å²) in [5.74, 6) is -0.336. The van der Waals surface area contributed by atoms with Crippen LogP contribution in [-0.2, 0) is 14.6 Å². The molecule has 0 radical (unpaired) electrons. The van der Waals surface area contributed by atoms with Crippen LogP contribution in [0.5, 0.6) is 0 Å². The molecule has 1 heterocycles. The maximum absolute atomic E-state index is 12.4. The summed E-state index contributed by atoms with van der Waals surface area (Å²) in [7, 11) is -3.43. The highest BCUT2D eigenvalue weighted by molar-refractivity contribution is 7.92. The third-order valence-electron chi connectivity index (χ3n) is 3.26. The molecular weight excluding hydrogens is 314 g/mol. The quantitative estimate of drug-likeness (QED) is 0.772. The number of halogens is 1. The summed E-state index contributed by atoms with van der Waals surface area (Å²) in [6.07, 6.45) is 0.217. The average Bonchev–Trinajstić information content (AvgIpc) is 2.96. The average molecular weight is 330 g/mol. The van der Waals surface area contributed by atoms with Gasteiger partial charge in [-0.25, -0.2) is 8.42 Å². The molecule has 1 fully saturated rings. The normalized spacial score (nSPS) is 21.1. The van der Waals surface area contributed by atoms with Crippen LogP contribution in [0, 0.1) is 11.3 Å². The highest BCUT2D eigenvalue weighted by Crippen LogP contribution is 2.22. The van der Waals surface area contributed by atoms with Gasteiger partial charge in [-0.3, -0.25) is 4.79 Å².